The summed E-state index contributed by atoms with van der Waals surface area (Å²) in [6.07, 6.45) is 5.79. The molecular formula is C12H18N3O3S. The lowest BCUT2D eigenvalue weighted by Crippen LogP contribution is -2.46. The molecule has 1 radical (unpaired) electrons. The normalized spacial score (nSPS) is 19.7. The fourth-order valence-corrected chi connectivity index (χ4v) is 2.57. The Morgan fingerprint density at radius 1 is 1.74 bits per heavy atom. The molecule has 1 aliphatic rings. The maximum atomic E-state index is 12.1. The van der Waals surface area contributed by atoms with E-state index in [9.17, 15) is 4.79 Å². The molecule has 0 saturated carbocycles. The predicted molar refractivity (Wildman–Crippen MR) is 71.6 cm³/mol. The van der Waals surface area contributed by atoms with E-state index >= 15 is 0 Å². The van der Waals surface area contributed by atoms with Crippen molar-refractivity contribution in [3.05, 3.63) is 18.2 Å². The van der Waals surface area contributed by atoms with Gasteiger partial charge in [0.1, 0.15) is 17.4 Å². The highest BCUT2D eigenvalue weighted by Crippen LogP contribution is 2.18. The number of morpholine rings is 1. The summed E-state index contributed by atoms with van der Waals surface area (Å²) in [6, 6.07) is 0. The van der Waals surface area contributed by atoms with Crippen LogP contribution >= 0.6 is 12.0 Å². The molecule has 0 aliphatic carbocycles. The topological polar surface area (TPSA) is 67.6 Å². The number of amides is 1. The fraction of sp³-hybridized carbons (Fsp3) is 0.667. The van der Waals surface area contributed by atoms with Crippen LogP contribution in [0.5, 0.6) is 0 Å². The van der Waals surface area contributed by atoms with Gasteiger partial charge in [-0.05, 0) is 13.3 Å². The van der Waals surface area contributed by atoms with Gasteiger partial charge in [-0.3, -0.25) is 4.79 Å². The molecule has 1 aromatic heterocycles. The number of aromatic nitrogens is 2. The first-order valence-corrected chi connectivity index (χ1v) is 7.13. The number of hydrogen-bond donors (Lipinski definition) is 1. The number of aryl methyl sites for hydroxylation is 2. The van der Waals surface area contributed by atoms with E-state index in [1.54, 1.807) is 11.1 Å². The van der Waals surface area contributed by atoms with Gasteiger partial charge < -0.3 is 18.8 Å². The Hall–Kier alpha value is -1.05. The zero-order valence-electron chi connectivity index (χ0n) is 10.9. The summed E-state index contributed by atoms with van der Waals surface area (Å²) < 4.78 is 16.4. The molecule has 1 unspecified atom stereocenters. The van der Waals surface area contributed by atoms with Crippen LogP contribution in [0.4, 0.5) is 0 Å². The Bertz CT molecular complexity index is 424. The van der Waals surface area contributed by atoms with Gasteiger partial charge in [0, 0.05) is 37.7 Å². The minimum Gasteiger partial charge on any atom is -0.376 e. The quantitative estimate of drug-likeness (QED) is 0.822. The summed E-state index contributed by atoms with van der Waals surface area (Å²) in [7, 11) is 0. The standard InChI is InChI=1S/C12H18N3O3S/c1-10-13-4-6-14(10)5-2-3-11(16)15-7-8-18-9-12(15)19-17/h6,12,17H,2-3,5,7-9H2,1H3. The van der Waals surface area contributed by atoms with Crippen molar-refractivity contribution in [2.45, 2.75) is 31.7 Å². The van der Waals surface area contributed by atoms with E-state index in [-0.39, 0.29) is 11.3 Å². The molecule has 7 heteroatoms. The van der Waals surface area contributed by atoms with Crippen LogP contribution < -0.4 is 0 Å². The highest BCUT2D eigenvalue weighted by atomic mass is 32.2. The molecule has 0 spiro atoms. The lowest BCUT2D eigenvalue weighted by molar-refractivity contribution is -0.136. The third-order valence-electron chi connectivity index (χ3n) is 3.17. The van der Waals surface area contributed by atoms with E-state index in [4.69, 9.17) is 9.29 Å². The van der Waals surface area contributed by atoms with Crippen LogP contribution in [0, 0.1) is 13.1 Å². The summed E-state index contributed by atoms with van der Waals surface area (Å²) in [5.41, 5.74) is 0. The predicted octanol–water partition coefficient (Wildman–Crippen LogP) is 1.16. The van der Waals surface area contributed by atoms with Crippen molar-refractivity contribution in [2.24, 2.45) is 0 Å². The maximum Gasteiger partial charge on any atom is 0.223 e. The minimum atomic E-state index is -0.274. The number of nitrogens with zero attached hydrogens (tertiary/aromatic N) is 3. The van der Waals surface area contributed by atoms with Crippen molar-refractivity contribution in [1.82, 2.24) is 14.5 Å². The van der Waals surface area contributed by atoms with Gasteiger partial charge in [-0.1, -0.05) is 0 Å². The summed E-state index contributed by atoms with van der Waals surface area (Å²) in [5, 5.41) is -0.274. The molecule has 2 heterocycles. The molecule has 1 N–H and O–H groups in total. The molecule has 6 nitrogen and oxygen atoms in total. The van der Waals surface area contributed by atoms with Gasteiger partial charge in [0.15, 0.2) is 0 Å². The van der Waals surface area contributed by atoms with Crippen LogP contribution in [0.25, 0.3) is 0 Å². The summed E-state index contributed by atoms with van der Waals surface area (Å²) in [6.45, 7) is 4.16. The lowest BCUT2D eigenvalue weighted by atomic mass is 10.2. The Morgan fingerprint density at radius 3 is 3.26 bits per heavy atom. The second-order valence-corrected chi connectivity index (χ2v) is 5.19. The van der Waals surface area contributed by atoms with Gasteiger partial charge in [-0.15, -0.1) is 0 Å². The monoisotopic (exact) mass is 284 g/mol. The first kappa shape index (κ1) is 14.4. The van der Waals surface area contributed by atoms with Gasteiger partial charge in [-0.25, -0.2) is 4.98 Å². The van der Waals surface area contributed by atoms with Crippen molar-refractivity contribution >= 4 is 17.9 Å². The molecule has 1 fully saturated rings. The first-order chi connectivity index (χ1) is 9.22. The first-order valence-electron chi connectivity index (χ1n) is 6.29. The van der Waals surface area contributed by atoms with Crippen LogP contribution in [0.15, 0.2) is 6.20 Å². The molecular weight excluding hydrogens is 266 g/mol. The van der Waals surface area contributed by atoms with Crippen LogP contribution in [0.1, 0.15) is 18.7 Å². The van der Waals surface area contributed by atoms with E-state index in [0.29, 0.717) is 38.2 Å². The third-order valence-corrected chi connectivity index (χ3v) is 3.81. The summed E-state index contributed by atoms with van der Waals surface area (Å²) in [4.78, 5) is 17.8. The Balaban J connectivity index is 1.79. The Labute approximate surface area is 117 Å². The molecule has 0 bridgehead atoms. The lowest BCUT2D eigenvalue weighted by Gasteiger charge is -2.33. The number of carbonyl (C=O) groups excluding carboxylic acids is 1. The van der Waals surface area contributed by atoms with Gasteiger partial charge in [0.05, 0.1) is 13.2 Å². The van der Waals surface area contributed by atoms with Gasteiger partial charge in [0.25, 0.3) is 0 Å². The van der Waals surface area contributed by atoms with Crippen LogP contribution in [-0.4, -0.2) is 50.0 Å². The Kier molecular flexibility index (Phi) is 5.24. The number of imidazole rings is 1. The maximum absolute atomic E-state index is 12.1. The van der Waals surface area contributed by atoms with Crippen molar-refractivity contribution in [1.29, 1.82) is 0 Å². The zero-order chi connectivity index (χ0) is 13.7. The number of hydrogen-bond acceptors (Lipinski definition) is 5. The third kappa shape index (κ3) is 3.71. The molecule has 19 heavy (non-hydrogen) atoms. The molecule has 1 amide bonds. The smallest absolute Gasteiger partial charge is 0.223 e. The second kappa shape index (κ2) is 6.93. The van der Waals surface area contributed by atoms with Crippen LogP contribution in [-0.2, 0) is 16.1 Å². The average Bonchev–Trinajstić information content (AvgIpc) is 2.84. The van der Waals surface area contributed by atoms with Crippen molar-refractivity contribution in [3.8, 4) is 0 Å². The van der Waals surface area contributed by atoms with E-state index in [2.05, 4.69) is 11.2 Å². The molecule has 1 aromatic rings. The van der Waals surface area contributed by atoms with E-state index < -0.39 is 0 Å². The minimum absolute atomic E-state index is 0.0663. The van der Waals surface area contributed by atoms with Crippen molar-refractivity contribution < 1.29 is 14.1 Å². The summed E-state index contributed by atoms with van der Waals surface area (Å²) in [5.74, 6) is 0.971. The zero-order valence-corrected chi connectivity index (χ0v) is 11.7. The SMILES string of the molecule is Cc1n[c]cn1CCCC(=O)N1CCOCC1SO. The van der Waals surface area contributed by atoms with Gasteiger partial charge in [0.2, 0.25) is 5.91 Å². The number of rotatable bonds is 5. The molecule has 0 aromatic carbocycles. The van der Waals surface area contributed by atoms with Crippen molar-refractivity contribution in [3.63, 3.8) is 0 Å². The number of ether oxygens (including phenoxy) is 1. The van der Waals surface area contributed by atoms with Gasteiger partial charge in [-0.2, -0.15) is 0 Å². The Morgan fingerprint density at radius 2 is 2.58 bits per heavy atom. The molecule has 1 atom stereocenters. The molecule has 1 aliphatic heterocycles. The van der Waals surface area contributed by atoms with Crippen molar-refractivity contribution in [2.75, 3.05) is 19.8 Å². The van der Waals surface area contributed by atoms with E-state index in [0.717, 1.165) is 18.8 Å². The van der Waals surface area contributed by atoms with Crippen LogP contribution in [0.3, 0.4) is 0 Å². The van der Waals surface area contributed by atoms with E-state index in [1.165, 1.54) is 0 Å². The molecule has 105 valence electrons. The van der Waals surface area contributed by atoms with Crippen LogP contribution in [0.2, 0.25) is 0 Å². The highest BCUT2D eigenvalue weighted by Gasteiger charge is 2.27. The van der Waals surface area contributed by atoms with Gasteiger partial charge >= 0.3 is 0 Å². The number of carbonyl (C=O) groups is 1. The molecule has 2 rings (SSSR count). The van der Waals surface area contributed by atoms with E-state index in [1.807, 2.05) is 11.5 Å². The average molecular weight is 284 g/mol. The molecule has 1 saturated heterocycles. The summed E-state index contributed by atoms with van der Waals surface area (Å²) >= 11 is 0.676. The highest BCUT2D eigenvalue weighted by molar-refractivity contribution is 7.94. The largest absolute Gasteiger partial charge is 0.376 e. The second-order valence-electron chi connectivity index (χ2n) is 4.44. The fourth-order valence-electron chi connectivity index (χ4n) is 2.07.